The van der Waals surface area contributed by atoms with Crippen LogP contribution in [0.2, 0.25) is 0 Å². The van der Waals surface area contributed by atoms with Gasteiger partial charge in [-0.3, -0.25) is 4.79 Å². The van der Waals surface area contributed by atoms with Crippen molar-refractivity contribution in [2.75, 3.05) is 6.54 Å². The number of unbranched alkanes of at least 4 members (excludes halogenated alkanes) is 13. The van der Waals surface area contributed by atoms with E-state index in [1.54, 1.807) is 0 Å². The number of hydrogen-bond acceptors (Lipinski definition) is 3. The Bertz CT molecular complexity index is 285. The molecule has 0 aliphatic carbocycles. The lowest BCUT2D eigenvalue weighted by atomic mass is 9.93. The summed E-state index contributed by atoms with van der Waals surface area (Å²) < 4.78 is 0. The Morgan fingerprint density at radius 1 is 0.792 bits per heavy atom. The number of nitrogens with two attached hydrogens (primary N) is 2. The highest BCUT2D eigenvalue weighted by molar-refractivity contribution is 5.70. The molecule has 144 valence electrons. The fourth-order valence-electron chi connectivity index (χ4n) is 3.24. The monoisotopic (exact) mass is 342 g/mol. The third-order valence-corrected chi connectivity index (χ3v) is 4.97. The van der Waals surface area contributed by atoms with Crippen LogP contribution in [0.5, 0.6) is 0 Å². The molecule has 2 atom stereocenters. The third-order valence-electron chi connectivity index (χ3n) is 4.97. The Morgan fingerprint density at radius 3 is 1.50 bits per heavy atom. The van der Waals surface area contributed by atoms with Crippen molar-refractivity contribution in [3.63, 3.8) is 0 Å². The standard InChI is InChI=1S/C20H42N2O2/c1-2-3-4-5-6-7-8-9-10-11-12-13-14-15-16-18(20(23)24)19(22)17-21/h18-19H,2-17,21-22H2,1H3,(H,23,24). The van der Waals surface area contributed by atoms with Crippen molar-refractivity contribution in [3.05, 3.63) is 0 Å². The first-order valence-corrected chi connectivity index (χ1v) is 10.3. The Kier molecular flexibility index (Phi) is 16.8. The summed E-state index contributed by atoms with van der Waals surface area (Å²) in [4.78, 5) is 11.1. The minimum Gasteiger partial charge on any atom is -0.481 e. The van der Waals surface area contributed by atoms with E-state index >= 15 is 0 Å². The molecule has 0 heterocycles. The van der Waals surface area contributed by atoms with Crippen molar-refractivity contribution in [1.82, 2.24) is 0 Å². The molecule has 5 N–H and O–H groups in total. The van der Waals surface area contributed by atoms with Crippen LogP contribution in [0.1, 0.15) is 103 Å². The van der Waals surface area contributed by atoms with Crippen molar-refractivity contribution < 1.29 is 9.90 Å². The summed E-state index contributed by atoms with van der Waals surface area (Å²) in [5, 5.41) is 9.14. The lowest BCUT2D eigenvalue weighted by molar-refractivity contribution is -0.142. The Balaban J connectivity index is 3.31. The van der Waals surface area contributed by atoms with Crippen LogP contribution in [0, 0.1) is 5.92 Å². The molecule has 0 aromatic heterocycles. The SMILES string of the molecule is CCCCCCCCCCCCCCCCC(C(=O)O)C(N)CN. The molecule has 0 amide bonds. The summed E-state index contributed by atoms with van der Waals surface area (Å²) in [6.07, 6.45) is 19.0. The summed E-state index contributed by atoms with van der Waals surface area (Å²) in [5.74, 6) is -1.28. The van der Waals surface area contributed by atoms with Crippen molar-refractivity contribution in [2.45, 2.75) is 109 Å². The molecule has 2 unspecified atom stereocenters. The molecular weight excluding hydrogens is 300 g/mol. The van der Waals surface area contributed by atoms with Crippen molar-refractivity contribution >= 4 is 5.97 Å². The Labute approximate surface area is 149 Å². The van der Waals surface area contributed by atoms with Crippen LogP contribution in [0.25, 0.3) is 0 Å². The Morgan fingerprint density at radius 2 is 1.17 bits per heavy atom. The maximum absolute atomic E-state index is 11.1. The van der Waals surface area contributed by atoms with E-state index < -0.39 is 17.9 Å². The molecule has 0 aromatic rings. The van der Waals surface area contributed by atoms with Crippen LogP contribution in [0.4, 0.5) is 0 Å². The van der Waals surface area contributed by atoms with Crippen LogP contribution >= 0.6 is 0 Å². The van der Waals surface area contributed by atoms with E-state index in [0.717, 1.165) is 12.8 Å². The highest BCUT2D eigenvalue weighted by Crippen LogP contribution is 2.16. The maximum Gasteiger partial charge on any atom is 0.308 e. The zero-order valence-electron chi connectivity index (χ0n) is 16.0. The van der Waals surface area contributed by atoms with Gasteiger partial charge in [-0.05, 0) is 6.42 Å². The first kappa shape index (κ1) is 23.4. The number of rotatable bonds is 18. The molecule has 0 aromatic carbocycles. The van der Waals surface area contributed by atoms with E-state index in [2.05, 4.69) is 6.92 Å². The van der Waals surface area contributed by atoms with Gasteiger partial charge in [-0.15, -0.1) is 0 Å². The zero-order valence-corrected chi connectivity index (χ0v) is 16.0. The predicted octanol–water partition coefficient (Wildman–Crippen LogP) is 4.84. The quantitative estimate of drug-likeness (QED) is 0.311. The van der Waals surface area contributed by atoms with E-state index in [1.165, 1.54) is 77.0 Å². The fraction of sp³-hybridized carbons (Fsp3) is 0.950. The van der Waals surface area contributed by atoms with E-state index in [0.29, 0.717) is 6.42 Å². The van der Waals surface area contributed by atoms with Gasteiger partial charge < -0.3 is 16.6 Å². The minimum absolute atomic E-state index is 0.246. The fourth-order valence-corrected chi connectivity index (χ4v) is 3.24. The molecule has 0 aliphatic heterocycles. The topological polar surface area (TPSA) is 89.3 Å². The third kappa shape index (κ3) is 13.8. The molecule has 0 fully saturated rings. The number of carboxylic acid groups (broad SMARTS) is 1. The van der Waals surface area contributed by atoms with Gasteiger partial charge in [0.2, 0.25) is 0 Å². The molecule has 0 saturated heterocycles. The van der Waals surface area contributed by atoms with Crippen LogP contribution < -0.4 is 11.5 Å². The van der Waals surface area contributed by atoms with Gasteiger partial charge >= 0.3 is 5.97 Å². The van der Waals surface area contributed by atoms with Crippen molar-refractivity contribution in [1.29, 1.82) is 0 Å². The first-order valence-electron chi connectivity index (χ1n) is 10.3. The molecular formula is C20H42N2O2. The second-order valence-electron chi connectivity index (χ2n) is 7.23. The number of carboxylic acids is 1. The molecule has 0 bridgehead atoms. The van der Waals surface area contributed by atoms with E-state index in [-0.39, 0.29) is 6.54 Å². The van der Waals surface area contributed by atoms with Crippen LogP contribution in [0.15, 0.2) is 0 Å². The highest BCUT2D eigenvalue weighted by atomic mass is 16.4. The first-order chi connectivity index (χ1) is 11.6. The maximum atomic E-state index is 11.1. The number of carbonyl (C=O) groups is 1. The minimum atomic E-state index is -0.803. The molecule has 0 spiro atoms. The second kappa shape index (κ2) is 17.2. The molecule has 0 saturated carbocycles. The van der Waals surface area contributed by atoms with Gasteiger partial charge in [-0.25, -0.2) is 0 Å². The summed E-state index contributed by atoms with van der Waals surface area (Å²) in [6, 6.07) is -0.413. The lowest BCUT2D eigenvalue weighted by Gasteiger charge is -2.18. The molecule has 0 radical (unpaired) electrons. The van der Waals surface area contributed by atoms with Gasteiger partial charge in [0.25, 0.3) is 0 Å². The van der Waals surface area contributed by atoms with Gasteiger partial charge in [-0.2, -0.15) is 0 Å². The summed E-state index contributed by atoms with van der Waals surface area (Å²) in [7, 11) is 0. The van der Waals surface area contributed by atoms with E-state index in [9.17, 15) is 4.79 Å². The van der Waals surface area contributed by atoms with Crippen molar-refractivity contribution in [2.24, 2.45) is 17.4 Å². The molecule has 4 heteroatoms. The van der Waals surface area contributed by atoms with Crippen LogP contribution in [-0.4, -0.2) is 23.7 Å². The molecule has 24 heavy (non-hydrogen) atoms. The van der Waals surface area contributed by atoms with Gasteiger partial charge in [0.1, 0.15) is 0 Å². The second-order valence-corrected chi connectivity index (χ2v) is 7.23. The number of aliphatic carboxylic acids is 1. The van der Waals surface area contributed by atoms with Crippen LogP contribution in [0.3, 0.4) is 0 Å². The summed E-state index contributed by atoms with van der Waals surface area (Å²) in [5.41, 5.74) is 11.2. The predicted molar refractivity (Wildman–Crippen MR) is 103 cm³/mol. The highest BCUT2D eigenvalue weighted by Gasteiger charge is 2.23. The van der Waals surface area contributed by atoms with Gasteiger partial charge in [0.05, 0.1) is 5.92 Å². The average molecular weight is 343 g/mol. The van der Waals surface area contributed by atoms with Gasteiger partial charge in [0.15, 0.2) is 0 Å². The Hall–Kier alpha value is -0.610. The summed E-state index contributed by atoms with van der Waals surface area (Å²) >= 11 is 0. The van der Waals surface area contributed by atoms with Crippen LogP contribution in [-0.2, 0) is 4.79 Å². The lowest BCUT2D eigenvalue weighted by Crippen LogP contribution is -2.41. The normalized spacial score (nSPS) is 13.8. The average Bonchev–Trinajstić information content (AvgIpc) is 2.57. The molecule has 4 nitrogen and oxygen atoms in total. The molecule has 0 aliphatic rings. The smallest absolute Gasteiger partial charge is 0.308 e. The van der Waals surface area contributed by atoms with Gasteiger partial charge in [-0.1, -0.05) is 96.8 Å². The van der Waals surface area contributed by atoms with E-state index in [1.807, 2.05) is 0 Å². The summed E-state index contributed by atoms with van der Waals surface area (Å²) in [6.45, 7) is 2.51. The molecule has 0 rings (SSSR count). The largest absolute Gasteiger partial charge is 0.481 e. The number of hydrogen-bond donors (Lipinski definition) is 3. The van der Waals surface area contributed by atoms with Gasteiger partial charge in [0, 0.05) is 12.6 Å². The van der Waals surface area contributed by atoms with Crippen molar-refractivity contribution in [3.8, 4) is 0 Å². The van der Waals surface area contributed by atoms with E-state index in [4.69, 9.17) is 16.6 Å². The zero-order chi connectivity index (χ0) is 18.0.